The Hall–Kier alpha value is -1.90. The molecule has 0 unspecified atom stereocenters. The maximum Gasteiger partial charge on any atom is 0.189 e. The van der Waals surface area contributed by atoms with Crippen LogP contribution in [0.1, 0.15) is 13.8 Å². The smallest absolute Gasteiger partial charge is 0.189 e. The van der Waals surface area contributed by atoms with E-state index in [9.17, 15) is 5.11 Å². The second-order valence-corrected chi connectivity index (χ2v) is 6.99. The van der Waals surface area contributed by atoms with Crippen LogP contribution in [0.4, 0.5) is 5.13 Å². The van der Waals surface area contributed by atoms with Crippen LogP contribution in [0, 0.1) is 0 Å². The summed E-state index contributed by atoms with van der Waals surface area (Å²) in [6.07, 6.45) is 0. The summed E-state index contributed by atoms with van der Waals surface area (Å²) in [7, 11) is 3.22. The van der Waals surface area contributed by atoms with Crippen LogP contribution in [-0.4, -0.2) is 41.6 Å². The molecule has 0 saturated heterocycles. The first kappa shape index (κ1) is 18.4. The number of hydrogen-bond donors (Lipinski definition) is 3. The van der Waals surface area contributed by atoms with Gasteiger partial charge >= 0.3 is 0 Å². The van der Waals surface area contributed by atoms with Gasteiger partial charge in [0, 0.05) is 17.0 Å². The van der Waals surface area contributed by atoms with Crippen LogP contribution in [0.5, 0.6) is 11.5 Å². The van der Waals surface area contributed by atoms with Crippen LogP contribution in [-0.2, 0) is 0 Å². The summed E-state index contributed by atoms with van der Waals surface area (Å²) in [5.41, 5.74) is 1.16. The Morgan fingerprint density at radius 2 is 2.08 bits per heavy atom. The minimum Gasteiger partial charge on any atom is -0.497 e. The fourth-order valence-corrected chi connectivity index (χ4v) is 3.09. The van der Waals surface area contributed by atoms with E-state index in [1.807, 2.05) is 37.4 Å². The van der Waals surface area contributed by atoms with Gasteiger partial charge in [-0.3, -0.25) is 0 Å². The summed E-state index contributed by atoms with van der Waals surface area (Å²) in [4.78, 5) is 4.54. The molecule has 1 aromatic carbocycles. The number of thiazole rings is 1. The van der Waals surface area contributed by atoms with Crippen molar-refractivity contribution in [3.8, 4) is 22.8 Å². The average Bonchev–Trinajstić information content (AvgIpc) is 3.01. The lowest BCUT2D eigenvalue weighted by Crippen LogP contribution is -2.47. The number of aliphatic hydroxyl groups excluding tert-OH is 1. The maximum atomic E-state index is 9.28. The molecule has 6 nitrogen and oxygen atoms in total. The minimum atomic E-state index is -0.497. The molecule has 0 atom stereocenters. The summed E-state index contributed by atoms with van der Waals surface area (Å²) in [6, 6.07) is 5.58. The highest BCUT2D eigenvalue weighted by molar-refractivity contribution is 7.80. The zero-order valence-electron chi connectivity index (χ0n) is 14.0. The molecule has 0 saturated carbocycles. The molecular weight excluding hydrogens is 346 g/mol. The molecule has 1 heterocycles. The number of aliphatic hydroxyl groups is 1. The van der Waals surface area contributed by atoms with E-state index in [0.717, 1.165) is 17.0 Å². The number of anilines is 1. The first-order valence-corrected chi connectivity index (χ1v) is 8.55. The number of aromatic nitrogens is 1. The summed E-state index contributed by atoms with van der Waals surface area (Å²) >= 11 is 6.69. The topological polar surface area (TPSA) is 75.6 Å². The summed E-state index contributed by atoms with van der Waals surface area (Å²) in [5.74, 6) is 1.41. The molecule has 3 N–H and O–H groups in total. The van der Waals surface area contributed by atoms with Crippen molar-refractivity contribution in [1.29, 1.82) is 0 Å². The lowest BCUT2D eigenvalue weighted by Gasteiger charge is -2.24. The third-order valence-electron chi connectivity index (χ3n) is 3.26. The Labute approximate surface area is 150 Å². The Balaban J connectivity index is 2.15. The molecule has 0 fully saturated rings. The van der Waals surface area contributed by atoms with Crippen molar-refractivity contribution in [3.05, 3.63) is 23.6 Å². The third-order valence-corrected chi connectivity index (χ3v) is 4.22. The third kappa shape index (κ3) is 4.56. The van der Waals surface area contributed by atoms with Gasteiger partial charge in [0.15, 0.2) is 10.2 Å². The first-order valence-electron chi connectivity index (χ1n) is 7.26. The maximum absolute atomic E-state index is 9.28. The van der Waals surface area contributed by atoms with Gasteiger partial charge in [0.05, 0.1) is 32.1 Å². The minimum absolute atomic E-state index is 0.0268. The molecule has 0 bridgehead atoms. The molecule has 0 spiro atoms. The number of hydrogen-bond acceptors (Lipinski definition) is 6. The highest BCUT2D eigenvalue weighted by Crippen LogP contribution is 2.34. The fraction of sp³-hybridized carbons (Fsp3) is 0.375. The monoisotopic (exact) mass is 367 g/mol. The molecule has 0 radical (unpaired) electrons. The number of rotatable bonds is 6. The van der Waals surface area contributed by atoms with E-state index in [4.69, 9.17) is 21.7 Å². The van der Waals surface area contributed by atoms with Crippen molar-refractivity contribution in [2.75, 3.05) is 26.1 Å². The van der Waals surface area contributed by atoms with Gasteiger partial charge in [-0.25, -0.2) is 4.98 Å². The van der Waals surface area contributed by atoms with Crippen molar-refractivity contribution in [1.82, 2.24) is 10.3 Å². The van der Waals surface area contributed by atoms with Gasteiger partial charge in [0.1, 0.15) is 11.5 Å². The van der Waals surface area contributed by atoms with E-state index in [1.165, 1.54) is 11.3 Å². The SMILES string of the molecule is COc1ccc(-c2csc(NC(=S)NC(C)(C)CO)n2)c(OC)c1. The number of ether oxygens (including phenoxy) is 2. The first-order chi connectivity index (χ1) is 11.4. The number of methoxy groups -OCH3 is 2. The molecule has 130 valence electrons. The van der Waals surface area contributed by atoms with E-state index in [-0.39, 0.29) is 6.61 Å². The summed E-state index contributed by atoms with van der Waals surface area (Å²) in [5, 5.41) is 18.3. The second kappa shape index (κ2) is 7.78. The molecule has 0 aliphatic rings. The van der Waals surface area contributed by atoms with Gasteiger partial charge < -0.3 is 25.2 Å². The average molecular weight is 367 g/mol. The number of nitrogens with one attached hydrogen (secondary N) is 2. The largest absolute Gasteiger partial charge is 0.497 e. The quantitative estimate of drug-likeness (QED) is 0.678. The van der Waals surface area contributed by atoms with Crippen molar-refractivity contribution in [2.45, 2.75) is 19.4 Å². The van der Waals surface area contributed by atoms with Gasteiger partial charge in [-0.1, -0.05) is 0 Å². The number of thiocarbonyl (C=S) groups is 1. The standard InChI is InChI=1S/C16H21N3O3S2/c1-16(2,9-20)19-14(23)18-15-17-12(8-24-15)11-6-5-10(21-3)7-13(11)22-4/h5-8,20H,9H2,1-4H3,(H2,17,18,19,23). The van der Waals surface area contributed by atoms with Crippen molar-refractivity contribution in [3.63, 3.8) is 0 Å². The predicted molar refractivity (Wildman–Crippen MR) is 101 cm³/mol. The Morgan fingerprint density at radius 3 is 2.71 bits per heavy atom. The fourth-order valence-electron chi connectivity index (χ4n) is 1.94. The highest BCUT2D eigenvalue weighted by Gasteiger charge is 2.18. The van der Waals surface area contributed by atoms with Crippen molar-refractivity contribution in [2.24, 2.45) is 0 Å². The van der Waals surface area contributed by atoms with Crippen LogP contribution in [0.3, 0.4) is 0 Å². The van der Waals surface area contributed by atoms with Crippen LogP contribution in [0.2, 0.25) is 0 Å². The van der Waals surface area contributed by atoms with Crippen molar-refractivity contribution < 1.29 is 14.6 Å². The molecule has 1 aromatic heterocycles. The lowest BCUT2D eigenvalue weighted by atomic mass is 10.1. The Kier molecular flexibility index (Phi) is 5.98. The molecular formula is C16H21N3O3S2. The summed E-state index contributed by atoms with van der Waals surface area (Å²) in [6.45, 7) is 3.69. The Morgan fingerprint density at radius 1 is 1.33 bits per heavy atom. The van der Waals surface area contributed by atoms with Gasteiger partial charge in [-0.2, -0.15) is 0 Å². The van der Waals surface area contributed by atoms with Gasteiger partial charge in [0.2, 0.25) is 0 Å². The number of benzene rings is 1. The molecule has 2 aromatic rings. The van der Waals surface area contributed by atoms with E-state index in [2.05, 4.69) is 15.6 Å². The second-order valence-electron chi connectivity index (χ2n) is 5.73. The number of nitrogens with zero attached hydrogens (tertiary/aromatic N) is 1. The highest BCUT2D eigenvalue weighted by atomic mass is 32.1. The van der Waals surface area contributed by atoms with Gasteiger partial charge in [-0.15, -0.1) is 11.3 Å². The van der Waals surface area contributed by atoms with Gasteiger partial charge in [0.25, 0.3) is 0 Å². The summed E-state index contributed by atoms with van der Waals surface area (Å²) < 4.78 is 10.6. The van der Waals surface area contributed by atoms with Crippen molar-refractivity contribution >= 4 is 33.8 Å². The van der Waals surface area contributed by atoms with Gasteiger partial charge in [-0.05, 0) is 38.2 Å². The molecule has 0 aliphatic heterocycles. The zero-order valence-corrected chi connectivity index (χ0v) is 15.7. The van der Waals surface area contributed by atoms with E-state index < -0.39 is 5.54 Å². The van der Waals surface area contributed by atoms with E-state index >= 15 is 0 Å². The molecule has 8 heteroatoms. The van der Waals surface area contributed by atoms with Crippen LogP contribution < -0.4 is 20.1 Å². The lowest BCUT2D eigenvalue weighted by molar-refractivity contribution is 0.207. The van der Waals surface area contributed by atoms with Crippen LogP contribution in [0.25, 0.3) is 11.3 Å². The molecule has 24 heavy (non-hydrogen) atoms. The van der Waals surface area contributed by atoms with E-state index in [0.29, 0.717) is 16.0 Å². The zero-order chi connectivity index (χ0) is 17.7. The molecule has 2 rings (SSSR count). The molecule has 0 amide bonds. The van der Waals surface area contributed by atoms with E-state index in [1.54, 1.807) is 14.2 Å². The predicted octanol–water partition coefficient (Wildman–Crippen LogP) is 2.88. The van der Waals surface area contributed by atoms with Crippen LogP contribution >= 0.6 is 23.6 Å². The molecule has 0 aliphatic carbocycles. The van der Waals surface area contributed by atoms with Crippen LogP contribution in [0.15, 0.2) is 23.6 Å². The Bertz CT molecular complexity index is 716. The normalized spacial score (nSPS) is 11.0.